The van der Waals surface area contributed by atoms with Crippen LogP contribution in [0.5, 0.6) is 0 Å². The number of amides is 2. The molecular formula is C32H41N3O4S. The van der Waals surface area contributed by atoms with Crippen molar-refractivity contribution in [3.8, 4) is 0 Å². The molecule has 0 fully saturated rings. The van der Waals surface area contributed by atoms with E-state index >= 15 is 0 Å². The second kappa shape index (κ2) is 14.1. The molecule has 7 nitrogen and oxygen atoms in total. The lowest BCUT2D eigenvalue weighted by Gasteiger charge is -2.34. The number of hydrogen-bond acceptors (Lipinski definition) is 4. The molecule has 3 aromatic carbocycles. The maximum atomic E-state index is 14.1. The second-order valence-corrected chi connectivity index (χ2v) is 12.3. The summed E-state index contributed by atoms with van der Waals surface area (Å²) in [6, 6.07) is 22.0. The molecule has 40 heavy (non-hydrogen) atoms. The normalized spacial score (nSPS) is 12.0. The van der Waals surface area contributed by atoms with Gasteiger partial charge in [-0.2, -0.15) is 0 Å². The van der Waals surface area contributed by atoms with Crippen LogP contribution in [0, 0.1) is 20.8 Å². The van der Waals surface area contributed by atoms with E-state index in [0.717, 1.165) is 51.2 Å². The van der Waals surface area contributed by atoms with Crippen LogP contribution in [0.25, 0.3) is 0 Å². The predicted molar refractivity (Wildman–Crippen MR) is 162 cm³/mol. The highest BCUT2D eigenvalue weighted by Gasteiger charge is 2.33. The first-order chi connectivity index (χ1) is 19.0. The third kappa shape index (κ3) is 8.68. The van der Waals surface area contributed by atoms with Gasteiger partial charge in [0.25, 0.3) is 0 Å². The number of nitrogens with one attached hydrogen (secondary N) is 1. The Morgan fingerprint density at radius 2 is 1.55 bits per heavy atom. The van der Waals surface area contributed by atoms with Crippen molar-refractivity contribution in [3.05, 3.63) is 101 Å². The average Bonchev–Trinajstić information content (AvgIpc) is 2.89. The van der Waals surface area contributed by atoms with Crippen LogP contribution in [0.2, 0.25) is 0 Å². The number of aryl methyl sites for hydroxylation is 3. The minimum atomic E-state index is -3.80. The van der Waals surface area contributed by atoms with Gasteiger partial charge in [-0.3, -0.25) is 13.9 Å². The molecule has 3 rings (SSSR count). The summed E-state index contributed by atoms with van der Waals surface area (Å²) in [7, 11) is -3.80. The van der Waals surface area contributed by atoms with Crippen LogP contribution in [0.15, 0.2) is 72.8 Å². The minimum Gasteiger partial charge on any atom is -0.354 e. The van der Waals surface area contributed by atoms with E-state index in [1.165, 1.54) is 4.90 Å². The number of hydrogen-bond donors (Lipinski definition) is 1. The number of carbonyl (C=O) groups excluding carboxylic acids is 2. The first kappa shape index (κ1) is 30.9. The Labute approximate surface area is 239 Å². The van der Waals surface area contributed by atoms with E-state index in [0.29, 0.717) is 18.7 Å². The molecule has 8 heteroatoms. The van der Waals surface area contributed by atoms with Crippen LogP contribution in [0.4, 0.5) is 5.69 Å². The summed E-state index contributed by atoms with van der Waals surface area (Å²) in [6.45, 7) is 8.04. The molecule has 0 aliphatic carbocycles. The number of carbonyl (C=O) groups is 2. The molecule has 0 heterocycles. The van der Waals surface area contributed by atoms with Gasteiger partial charge in [0.2, 0.25) is 21.8 Å². The van der Waals surface area contributed by atoms with Gasteiger partial charge in [-0.1, -0.05) is 91.2 Å². The molecular weight excluding hydrogens is 522 g/mol. The van der Waals surface area contributed by atoms with E-state index in [1.54, 1.807) is 6.07 Å². The maximum absolute atomic E-state index is 14.1. The van der Waals surface area contributed by atoms with Crippen LogP contribution in [0.1, 0.15) is 47.6 Å². The third-order valence-corrected chi connectivity index (χ3v) is 7.96. The zero-order valence-corrected chi connectivity index (χ0v) is 25.0. The number of anilines is 1. The average molecular weight is 564 g/mol. The van der Waals surface area contributed by atoms with Gasteiger partial charge in [-0.25, -0.2) is 8.42 Å². The lowest BCUT2D eigenvalue weighted by Crippen LogP contribution is -2.53. The molecule has 214 valence electrons. The highest BCUT2D eigenvalue weighted by Crippen LogP contribution is 2.25. The summed E-state index contributed by atoms with van der Waals surface area (Å²) in [5.41, 5.74) is 5.00. The monoisotopic (exact) mass is 563 g/mol. The number of sulfonamides is 1. The molecule has 0 unspecified atom stereocenters. The van der Waals surface area contributed by atoms with Crippen molar-refractivity contribution in [2.24, 2.45) is 0 Å². The number of rotatable bonds is 13. The van der Waals surface area contributed by atoms with Crippen LogP contribution in [-0.4, -0.2) is 50.5 Å². The van der Waals surface area contributed by atoms with Gasteiger partial charge in [0.05, 0.1) is 11.9 Å². The van der Waals surface area contributed by atoms with Crippen molar-refractivity contribution in [2.75, 3.05) is 23.7 Å². The van der Waals surface area contributed by atoms with E-state index in [-0.39, 0.29) is 12.5 Å². The fourth-order valence-corrected chi connectivity index (χ4v) is 5.65. The van der Waals surface area contributed by atoms with Gasteiger partial charge >= 0.3 is 0 Å². The van der Waals surface area contributed by atoms with Crippen LogP contribution in [-0.2, 0) is 32.6 Å². The SMILES string of the molecule is CCCCNC(=O)[C@@H](Cc1ccccc1)N(Cc1cccc(C)c1)C(=O)CN(c1ccc(C)cc1C)S(C)(=O)=O. The second-order valence-electron chi connectivity index (χ2n) is 10.4. The molecule has 0 aliphatic rings. The minimum absolute atomic E-state index is 0.170. The molecule has 2 amide bonds. The van der Waals surface area contributed by atoms with E-state index in [2.05, 4.69) is 5.32 Å². The van der Waals surface area contributed by atoms with E-state index < -0.39 is 28.5 Å². The molecule has 3 aromatic rings. The Morgan fingerprint density at radius 1 is 0.875 bits per heavy atom. The zero-order valence-electron chi connectivity index (χ0n) is 24.2. The molecule has 0 aliphatic heterocycles. The smallest absolute Gasteiger partial charge is 0.244 e. The number of benzene rings is 3. The van der Waals surface area contributed by atoms with Crippen LogP contribution < -0.4 is 9.62 Å². The van der Waals surface area contributed by atoms with Gasteiger partial charge < -0.3 is 10.2 Å². The standard InChI is InChI=1S/C32H41N3O4S/c1-6-7-18-33-32(37)30(21-27-13-9-8-10-14-27)34(22-28-15-11-12-24(2)20-28)31(36)23-35(40(5,38)39)29-17-16-25(3)19-26(29)4/h8-17,19-20,30H,6-7,18,21-23H2,1-5H3,(H,33,37)/t30-/m1/s1. The Bertz CT molecular complexity index is 1410. The summed E-state index contributed by atoms with van der Waals surface area (Å²) >= 11 is 0. The van der Waals surface area contributed by atoms with Crippen molar-refractivity contribution in [2.45, 2.75) is 59.5 Å². The van der Waals surface area contributed by atoms with Gasteiger partial charge in [-0.15, -0.1) is 0 Å². The summed E-state index contributed by atoms with van der Waals surface area (Å²) in [5.74, 6) is -0.700. The molecule has 1 N–H and O–H groups in total. The highest BCUT2D eigenvalue weighted by atomic mass is 32.2. The molecule has 1 atom stereocenters. The maximum Gasteiger partial charge on any atom is 0.244 e. The van der Waals surface area contributed by atoms with Crippen molar-refractivity contribution in [1.29, 1.82) is 0 Å². The van der Waals surface area contributed by atoms with Gasteiger partial charge in [0.15, 0.2) is 0 Å². The first-order valence-corrected chi connectivity index (χ1v) is 15.6. The summed E-state index contributed by atoms with van der Waals surface area (Å²) in [5, 5.41) is 3.00. The van der Waals surface area contributed by atoms with Crippen molar-refractivity contribution in [3.63, 3.8) is 0 Å². The first-order valence-electron chi connectivity index (χ1n) is 13.7. The zero-order chi connectivity index (χ0) is 29.3. The summed E-state index contributed by atoms with van der Waals surface area (Å²) in [4.78, 5) is 29.3. The Kier molecular flexibility index (Phi) is 10.9. The molecule has 0 saturated heterocycles. The molecule has 0 spiro atoms. The fraction of sp³-hybridized carbons (Fsp3) is 0.375. The molecule has 0 bridgehead atoms. The van der Waals surface area contributed by atoms with E-state index in [1.807, 2.05) is 94.4 Å². The molecule has 0 saturated carbocycles. The van der Waals surface area contributed by atoms with E-state index in [9.17, 15) is 18.0 Å². The third-order valence-electron chi connectivity index (χ3n) is 6.84. The van der Waals surface area contributed by atoms with Gasteiger partial charge in [-0.05, 0) is 49.9 Å². The summed E-state index contributed by atoms with van der Waals surface area (Å²) in [6.07, 6.45) is 3.15. The van der Waals surface area contributed by atoms with Crippen molar-refractivity contribution >= 4 is 27.5 Å². The molecule has 0 radical (unpaired) electrons. The van der Waals surface area contributed by atoms with Crippen molar-refractivity contribution in [1.82, 2.24) is 10.2 Å². The largest absolute Gasteiger partial charge is 0.354 e. The number of nitrogens with zero attached hydrogens (tertiary/aromatic N) is 2. The Hall–Kier alpha value is -3.65. The Balaban J connectivity index is 2.05. The summed E-state index contributed by atoms with van der Waals surface area (Å²) < 4.78 is 27.1. The number of unbranched alkanes of at least 4 members (excludes halogenated alkanes) is 1. The topological polar surface area (TPSA) is 86.8 Å². The van der Waals surface area contributed by atoms with E-state index in [4.69, 9.17) is 0 Å². The predicted octanol–water partition coefficient (Wildman–Crippen LogP) is 4.93. The Morgan fingerprint density at radius 3 is 2.17 bits per heavy atom. The lowest BCUT2D eigenvalue weighted by molar-refractivity contribution is -0.140. The fourth-order valence-electron chi connectivity index (χ4n) is 4.75. The van der Waals surface area contributed by atoms with Gasteiger partial charge in [0.1, 0.15) is 12.6 Å². The van der Waals surface area contributed by atoms with Gasteiger partial charge in [0, 0.05) is 19.5 Å². The quantitative estimate of drug-likeness (QED) is 0.299. The van der Waals surface area contributed by atoms with Crippen LogP contribution in [0.3, 0.4) is 0 Å². The highest BCUT2D eigenvalue weighted by molar-refractivity contribution is 7.92. The van der Waals surface area contributed by atoms with Crippen LogP contribution >= 0.6 is 0 Å². The lowest BCUT2D eigenvalue weighted by atomic mass is 10.0. The molecule has 0 aromatic heterocycles. The van der Waals surface area contributed by atoms with Crippen molar-refractivity contribution < 1.29 is 18.0 Å².